The molecule has 1 saturated heterocycles. The van der Waals surface area contributed by atoms with Crippen LogP contribution in [-0.2, 0) is 14.0 Å². The van der Waals surface area contributed by atoms with Crippen molar-refractivity contribution in [3.05, 3.63) is 41.6 Å². The third-order valence-corrected chi connectivity index (χ3v) is 11.1. The smallest absolute Gasteiger partial charge is 0.237 e. The third kappa shape index (κ3) is 4.40. The molecule has 0 aliphatic carbocycles. The molecule has 154 valence electrons. The number of allylic oxidation sites excluding steroid dienone is 1. The summed E-state index contributed by atoms with van der Waals surface area (Å²) in [5.41, 5.74) is 1.12. The van der Waals surface area contributed by atoms with Crippen LogP contribution in [-0.4, -0.2) is 35.8 Å². The Bertz CT molecular complexity index is 789. The van der Waals surface area contributed by atoms with Gasteiger partial charge in [0.05, 0.1) is 12.0 Å². The van der Waals surface area contributed by atoms with Crippen LogP contribution in [0.2, 0.25) is 18.1 Å². The van der Waals surface area contributed by atoms with Gasteiger partial charge in [-0.05, 0) is 43.1 Å². The van der Waals surface area contributed by atoms with Crippen LogP contribution in [0.4, 0.5) is 0 Å². The first-order valence-electron chi connectivity index (χ1n) is 9.44. The highest BCUT2D eigenvalue weighted by Crippen LogP contribution is 2.43. The maximum absolute atomic E-state index is 13.0. The Morgan fingerprint density at radius 1 is 1.25 bits per heavy atom. The molecule has 1 aliphatic heterocycles. The van der Waals surface area contributed by atoms with Gasteiger partial charge in [-0.1, -0.05) is 75.3 Å². The van der Waals surface area contributed by atoms with Gasteiger partial charge in [0.1, 0.15) is 11.2 Å². The predicted octanol–water partition coefficient (Wildman–Crippen LogP) is 5.31. The third-order valence-electron chi connectivity index (χ3n) is 5.86. The van der Waals surface area contributed by atoms with Gasteiger partial charge in [-0.25, -0.2) is 0 Å². The number of nitrogens with zero attached hydrogens (tertiary/aromatic N) is 1. The number of benzene rings is 1. The molecule has 0 aromatic heterocycles. The van der Waals surface area contributed by atoms with Crippen molar-refractivity contribution in [2.45, 2.75) is 64.4 Å². The van der Waals surface area contributed by atoms with E-state index in [4.69, 9.17) is 16.0 Å². The summed E-state index contributed by atoms with van der Waals surface area (Å²) < 4.78 is 6.37. The van der Waals surface area contributed by atoms with Crippen LogP contribution in [0, 0.1) is 5.92 Å². The van der Waals surface area contributed by atoms with Crippen LogP contribution in [0.25, 0.3) is 5.57 Å². The average Bonchev–Trinajstić information content (AvgIpc) is 2.58. The Kier molecular flexibility index (Phi) is 6.91. The van der Waals surface area contributed by atoms with Gasteiger partial charge in [-0.2, -0.15) is 0 Å². The fraction of sp³-hybridized carbons (Fsp3) is 0.524. The number of carbonyl (C=O) groups excluding carboxylic acids is 2. The number of carbonyl (C=O) groups is 2. The van der Waals surface area contributed by atoms with Crippen molar-refractivity contribution in [2.75, 3.05) is 0 Å². The molecular formula is C21H30ClNO3SSi. The molecule has 1 amide bonds. The summed E-state index contributed by atoms with van der Waals surface area (Å²) in [4.78, 5) is 26.6. The molecule has 7 heteroatoms. The Morgan fingerprint density at radius 3 is 2.21 bits per heavy atom. The van der Waals surface area contributed by atoms with Crippen molar-refractivity contribution in [3.63, 3.8) is 0 Å². The van der Waals surface area contributed by atoms with Gasteiger partial charge in [0.2, 0.25) is 11.0 Å². The fourth-order valence-electron chi connectivity index (χ4n) is 3.12. The molecule has 1 fully saturated rings. The number of β-lactam (4-membered cyclic amide) rings is 1. The topological polar surface area (TPSA) is 46.6 Å². The zero-order valence-electron chi connectivity index (χ0n) is 17.6. The molecule has 1 heterocycles. The Morgan fingerprint density at radius 2 is 1.79 bits per heavy atom. The molecule has 2 rings (SSSR count). The standard InChI is InChI=1S/C21H30ClNO3SSi/c1-13(15-11-9-8-10-12-15)17(20(25)27)23-18(22)16(19(23)24)14(2)26-28(6,7)21(3,4)5/h8-12,14,16,18H,1-7H3,(H,25,27)/b17-13+/t14-,16-,18+/m1/s1. The average molecular weight is 440 g/mol. The second kappa shape index (κ2) is 8.34. The Balaban J connectivity index is 2.28. The summed E-state index contributed by atoms with van der Waals surface area (Å²) in [6, 6.07) is 9.44. The first-order chi connectivity index (χ1) is 12.8. The van der Waals surface area contributed by atoms with Crippen LogP contribution < -0.4 is 0 Å². The zero-order chi connectivity index (χ0) is 21.4. The minimum absolute atomic E-state index is 0.0333. The number of alkyl halides is 1. The molecule has 1 aliphatic rings. The second-order valence-electron chi connectivity index (χ2n) is 8.83. The molecule has 0 saturated carbocycles. The van der Waals surface area contributed by atoms with Crippen molar-refractivity contribution in [1.82, 2.24) is 4.90 Å². The molecule has 3 atom stereocenters. The zero-order valence-corrected chi connectivity index (χ0v) is 20.3. The minimum Gasteiger partial charge on any atom is -0.413 e. The van der Waals surface area contributed by atoms with Gasteiger partial charge in [0.25, 0.3) is 0 Å². The van der Waals surface area contributed by atoms with Gasteiger partial charge in [-0.15, -0.1) is 0 Å². The van der Waals surface area contributed by atoms with E-state index in [1.54, 1.807) is 6.92 Å². The molecule has 0 unspecified atom stereocenters. The van der Waals surface area contributed by atoms with E-state index in [1.165, 1.54) is 4.90 Å². The molecule has 1 aromatic carbocycles. The van der Waals surface area contributed by atoms with Crippen LogP contribution in [0.5, 0.6) is 0 Å². The highest BCUT2D eigenvalue weighted by atomic mass is 35.5. The lowest BCUT2D eigenvalue weighted by Gasteiger charge is -2.49. The number of halogens is 1. The summed E-state index contributed by atoms with van der Waals surface area (Å²) >= 11 is 10.6. The summed E-state index contributed by atoms with van der Waals surface area (Å²) in [5, 5.41) is -0.442. The number of amides is 1. The summed E-state index contributed by atoms with van der Waals surface area (Å²) in [5.74, 6) is -0.680. The van der Waals surface area contributed by atoms with E-state index in [0.29, 0.717) is 5.57 Å². The van der Waals surface area contributed by atoms with Crippen LogP contribution in [0.1, 0.15) is 40.2 Å². The largest absolute Gasteiger partial charge is 0.413 e. The van der Waals surface area contributed by atoms with Crippen LogP contribution in [0.3, 0.4) is 0 Å². The van der Waals surface area contributed by atoms with E-state index in [0.717, 1.165) is 5.56 Å². The molecule has 0 N–H and O–H groups in total. The summed E-state index contributed by atoms with van der Waals surface area (Å²) in [6.07, 6.45) is -0.319. The normalized spacial score (nSPS) is 22.5. The molecule has 0 bridgehead atoms. The van der Waals surface area contributed by atoms with Crippen molar-refractivity contribution in [3.8, 4) is 0 Å². The van der Waals surface area contributed by atoms with Gasteiger partial charge in [0, 0.05) is 0 Å². The quantitative estimate of drug-likeness (QED) is 0.163. The second-order valence-corrected chi connectivity index (χ2v) is 14.4. The minimum atomic E-state index is -2.04. The maximum atomic E-state index is 13.0. The van der Waals surface area contributed by atoms with Crippen molar-refractivity contribution in [2.24, 2.45) is 5.92 Å². The molecule has 1 aromatic rings. The van der Waals surface area contributed by atoms with E-state index in [9.17, 15) is 9.59 Å². The lowest BCUT2D eigenvalue weighted by atomic mass is 9.91. The van der Waals surface area contributed by atoms with Gasteiger partial charge in [-0.3, -0.25) is 14.5 Å². The van der Waals surface area contributed by atoms with E-state index >= 15 is 0 Å². The lowest BCUT2D eigenvalue weighted by molar-refractivity contribution is -0.153. The first-order valence-corrected chi connectivity index (χ1v) is 13.2. The van der Waals surface area contributed by atoms with E-state index in [-0.39, 0.29) is 22.7 Å². The molecule has 28 heavy (non-hydrogen) atoms. The summed E-state index contributed by atoms with van der Waals surface area (Å²) in [7, 11) is -2.04. The summed E-state index contributed by atoms with van der Waals surface area (Å²) in [6.45, 7) is 14.5. The van der Waals surface area contributed by atoms with E-state index in [2.05, 4.69) is 46.5 Å². The monoisotopic (exact) mass is 439 g/mol. The molecule has 4 nitrogen and oxygen atoms in total. The SMILES string of the molecule is C/C(=C(/C(=O)S)N1C(=O)[C@H]([C@@H](C)O[Si](C)(C)C(C)(C)C)[C@H]1Cl)c1ccccc1. The number of thiol groups is 1. The number of hydrogen-bond acceptors (Lipinski definition) is 3. The molecule has 0 radical (unpaired) electrons. The van der Waals surface area contributed by atoms with Crippen LogP contribution >= 0.6 is 24.2 Å². The molecular weight excluding hydrogens is 410 g/mol. The van der Waals surface area contributed by atoms with Gasteiger partial charge >= 0.3 is 0 Å². The predicted molar refractivity (Wildman–Crippen MR) is 121 cm³/mol. The van der Waals surface area contributed by atoms with Crippen molar-refractivity contribution < 1.29 is 14.0 Å². The Labute approximate surface area is 179 Å². The van der Waals surface area contributed by atoms with Crippen molar-refractivity contribution >= 4 is 49.1 Å². The first kappa shape index (κ1) is 23.2. The van der Waals surface area contributed by atoms with Gasteiger partial charge in [0.15, 0.2) is 8.32 Å². The number of likely N-dealkylation sites (tertiary alicyclic amines) is 1. The highest BCUT2D eigenvalue weighted by Gasteiger charge is 2.54. The molecule has 0 spiro atoms. The lowest BCUT2D eigenvalue weighted by Crippen LogP contribution is -2.63. The van der Waals surface area contributed by atoms with E-state index in [1.807, 2.05) is 37.3 Å². The highest BCUT2D eigenvalue weighted by molar-refractivity contribution is 7.97. The van der Waals surface area contributed by atoms with E-state index < -0.39 is 24.9 Å². The fourth-order valence-corrected chi connectivity index (χ4v) is 5.33. The number of hydrogen-bond donors (Lipinski definition) is 1. The Hall–Kier alpha value is -1.08. The van der Waals surface area contributed by atoms with Crippen LogP contribution in [0.15, 0.2) is 36.0 Å². The van der Waals surface area contributed by atoms with Crippen molar-refractivity contribution in [1.29, 1.82) is 0 Å². The number of rotatable bonds is 6. The maximum Gasteiger partial charge on any atom is 0.237 e. The van der Waals surface area contributed by atoms with Gasteiger partial charge < -0.3 is 4.43 Å².